The van der Waals surface area contributed by atoms with Crippen molar-refractivity contribution in [3.63, 3.8) is 0 Å². The highest BCUT2D eigenvalue weighted by Gasteiger charge is 2.31. The first kappa shape index (κ1) is 24.8. The van der Waals surface area contributed by atoms with Crippen LogP contribution in [-0.4, -0.2) is 73.2 Å². The Labute approximate surface area is 174 Å². The molecular weight excluding hydrogens is 451 g/mol. The molecule has 0 saturated carbocycles. The van der Waals surface area contributed by atoms with Crippen LogP contribution in [0.3, 0.4) is 0 Å². The molecule has 0 aliphatic carbocycles. The molecule has 1 aliphatic rings. The Hall–Kier alpha value is -0.220. The molecule has 1 rings (SSSR count). The molecule has 1 aliphatic heterocycles. The number of hydrogen-bond acceptors (Lipinski definition) is 4. The summed E-state index contributed by atoms with van der Waals surface area (Å²) >= 11 is 1.87. The fourth-order valence-electron chi connectivity index (χ4n) is 2.61. The highest BCUT2D eigenvalue weighted by molar-refractivity contribution is 14.0. The number of nitrogens with zero attached hydrogens (tertiary/aromatic N) is 2. The van der Waals surface area contributed by atoms with Crippen LogP contribution >= 0.6 is 35.7 Å². The summed E-state index contributed by atoms with van der Waals surface area (Å²) in [5.74, 6) is 0.780. The lowest BCUT2D eigenvalue weighted by Crippen LogP contribution is -2.49. The van der Waals surface area contributed by atoms with Crippen LogP contribution in [0.25, 0.3) is 0 Å². The van der Waals surface area contributed by atoms with Gasteiger partial charge in [0.1, 0.15) is 0 Å². The highest BCUT2D eigenvalue weighted by Crippen LogP contribution is 2.34. The van der Waals surface area contributed by atoms with Gasteiger partial charge in [0.15, 0.2) is 5.96 Å². The predicted molar refractivity (Wildman–Crippen MR) is 118 cm³/mol. The number of amides is 1. The third kappa shape index (κ3) is 9.33. The maximum absolute atomic E-state index is 12.1. The van der Waals surface area contributed by atoms with E-state index in [9.17, 15) is 4.79 Å². The fraction of sp³-hybridized carbons (Fsp3) is 0.882. The minimum absolute atomic E-state index is 0. The predicted octanol–water partition coefficient (Wildman–Crippen LogP) is 2.33. The number of carbonyl (C=O) groups excluding carboxylic acids is 1. The van der Waals surface area contributed by atoms with Gasteiger partial charge in [-0.1, -0.05) is 0 Å². The molecule has 1 heterocycles. The summed E-state index contributed by atoms with van der Waals surface area (Å²) in [6.45, 7) is 11.4. The number of nitrogens with one attached hydrogen (secondary N) is 2. The van der Waals surface area contributed by atoms with E-state index >= 15 is 0 Å². The molecule has 0 atom stereocenters. The van der Waals surface area contributed by atoms with Crippen LogP contribution in [0, 0.1) is 0 Å². The molecule has 1 saturated heterocycles. The summed E-state index contributed by atoms with van der Waals surface area (Å²) in [6.07, 6.45) is 4.19. The molecule has 0 aromatic heterocycles. The Morgan fingerprint density at radius 3 is 2.40 bits per heavy atom. The van der Waals surface area contributed by atoms with Crippen LogP contribution in [0.2, 0.25) is 0 Å². The highest BCUT2D eigenvalue weighted by atomic mass is 127. The zero-order chi connectivity index (χ0) is 18.2. The van der Waals surface area contributed by atoms with Crippen molar-refractivity contribution in [2.24, 2.45) is 4.99 Å². The molecule has 148 valence electrons. The second kappa shape index (κ2) is 11.5. The van der Waals surface area contributed by atoms with Crippen molar-refractivity contribution in [3.8, 4) is 0 Å². The Bertz CT molecular complexity index is 435. The number of rotatable bonds is 6. The molecule has 8 heteroatoms. The Morgan fingerprint density at radius 1 is 1.32 bits per heavy atom. The summed E-state index contributed by atoms with van der Waals surface area (Å²) < 4.78 is 5.63. The maximum Gasteiger partial charge on any atom is 0.240 e. The molecule has 6 nitrogen and oxygen atoms in total. The van der Waals surface area contributed by atoms with E-state index in [0.717, 1.165) is 45.1 Å². The minimum Gasteiger partial charge on any atom is -0.381 e. The average Bonchev–Trinajstić information content (AvgIpc) is 2.50. The smallest absolute Gasteiger partial charge is 0.240 e. The topological polar surface area (TPSA) is 66.0 Å². The average molecular weight is 486 g/mol. The molecule has 0 aromatic rings. The first-order chi connectivity index (χ1) is 11.2. The summed E-state index contributed by atoms with van der Waals surface area (Å²) in [6, 6.07) is 0. The number of carbonyl (C=O) groups is 1. The lowest BCUT2D eigenvalue weighted by Gasteiger charge is -2.34. The Morgan fingerprint density at radius 2 is 1.92 bits per heavy atom. The van der Waals surface area contributed by atoms with Crippen LogP contribution in [0.4, 0.5) is 0 Å². The van der Waals surface area contributed by atoms with Gasteiger partial charge in [0, 0.05) is 37.1 Å². The van der Waals surface area contributed by atoms with Gasteiger partial charge >= 0.3 is 0 Å². The van der Waals surface area contributed by atoms with Gasteiger partial charge in [-0.15, -0.1) is 24.0 Å². The number of guanidine groups is 1. The molecule has 1 fully saturated rings. The van der Waals surface area contributed by atoms with Gasteiger partial charge in [-0.05, 0) is 46.8 Å². The number of aliphatic imine (C=N–C) groups is 1. The summed E-state index contributed by atoms with van der Waals surface area (Å²) in [5.41, 5.74) is -0.224. The van der Waals surface area contributed by atoms with E-state index in [1.54, 1.807) is 0 Å². The van der Waals surface area contributed by atoms with Crippen molar-refractivity contribution < 1.29 is 9.53 Å². The molecule has 1 amide bonds. The van der Waals surface area contributed by atoms with E-state index in [-0.39, 0.29) is 40.2 Å². The standard InChI is InChI=1S/C17H34N4O2S.HI/c1-7-18-15(21(5)12-14(22)20-16(2,3)4)19-13-17(24-6)8-10-23-11-9-17;/h7-13H2,1-6H3,(H,18,19)(H,20,22);1H. The molecule has 0 radical (unpaired) electrons. The number of halogens is 1. The van der Waals surface area contributed by atoms with Crippen molar-refractivity contribution in [1.29, 1.82) is 0 Å². The Kier molecular flexibility index (Phi) is 11.4. The van der Waals surface area contributed by atoms with E-state index in [2.05, 4.69) is 16.9 Å². The van der Waals surface area contributed by atoms with Gasteiger partial charge in [0.25, 0.3) is 0 Å². The fourth-order valence-corrected chi connectivity index (χ4v) is 3.38. The van der Waals surface area contributed by atoms with Crippen LogP contribution in [0.5, 0.6) is 0 Å². The van der Waals surface area contributed by atoms with Crippen molar-refractivity contribution >= 4 is 47.6 Å². The summed E-state index contributed by atoms with van der Waals surface area (Å²) in [5, 5.41) is 6.27. The second-order valence-electron chi connectivity index (χ2n) is 7.32. The van der Waals surface area contributed by atoms with Gasteiger partial charge in [0.2, 0.25) is 5.91 Å². The third-order valence-corrected chi connectivity index (χ3v) is 5.35. The lowest BCUT2D eigenvalue weighted by atomic mass is 9.99. The maximum atomic E-state index is 12.1. The van der Waals surface area contributed by atoms with Gasteiger partial charge in [-0.25, -0.2) is 0 Å². The van der Waals surface area contributed by atoms with Crippen LogP contribution in [0.1, 0.15) is 40.5 Å². The minimum atomic E-state index is -0.224. The van der Waals surface area contributed by atoms with Gasteiger partial charge in [-0.2, -0.15) is 11.8 Å². The summed E-state index contributed by atoms with van der Waals surface area (Å²) in [4.78, 5) is 18.8. The number of thioether (sulfide) groups is 1. The molecule has 25 heavy (non-hydrogen) atoms. The van der Waals surface area contributed by atoms with Crippen molar-refractivity contribution in [2.75, 3.05) is 46.2 Å². The number of ether oxygens (including phenoxy) is 1. The van der Waals surface area contributed by atoms with E-state index in [1.165, 1.54) is 0 Å². The van der Waals surface area contributed by atoms with Gasteiger partial charge in [-0.3, -0.25) is 9.79 Å². The second-order valence-corrected chi connectivity index (χ2v) is 8.60. The summed E-state index contributed by atoms with van der Waals surface area (Å²) in [7, 11) is 1.90. The number of hydrogen-bond donors (Lipinski definition) is 2. The van der Waals surface area contributed by atoms with Gasteiger partial charge < -0.3 is 20.3 Å². The Balaban J connectivity index is 0.00000576. The van der Waals surface area contributed by atoms with E-state index in [4.69, 9.17) is 9.73 Å². The van der Waals surface area contributed by atoms with E-state index in [1.807, 2.05) is 51.4 Å². The zero-order valence-electron chi connectivity index (χ0n) is 16.5. The van der Waals surface area contributed by atoms with Crippen LogP contribution in [-0.2, 0) is 9.53 Å². The van der Waals surface area contributed by atoms with Gasteiger partial charge in [0.05, 0.1) is 13.1 Å². The largest absolute Gasteiger partial charge is 0.381 e. The SMILES string of the molecule is CCNC(=NCC1(SC)CCOCC1)N(C)CC(=O)NC(C)(C)C.I. The molecule has 0 aromatic carbocycles. The molecular formula is C17H35IN4O2S. The van der Waals surface area contributed by atoms with Crippen molar-refractivity contribution in [1.82, 2.24) is 15.5 Å². The quantitative estimate of drug-likeness (QED) is 0.343. The molecule has 0 unspecified atom stereocenters. The first-order valence-corrected chi connectivity index (χ1v) is 9.87. The lowest BCUT2D eigenvalue weighted by molar-refractivity contribution is -0.122. The van der Waals surface area contributed by atoms with Crippen molar-refractivity contribution in [2.45, 2.75) is 50.8 Å². The van der Waals surface area contributed by atoms with E-state index < -0.39 is 0 Å². The van der Waals surface area contributed by atoms with Crippen LogP contribution < -0.4 is 10.6 Å². The molecule has 0 bridgehead atoms. The molecule has 0 spiro atoms. The first-order valence-electron chi connectivity index (χ1n) is 8.65. The normalized spacial score (nSPS) is 17.4. The monoisotopic (exact) mass is 486 g/mol. The number of likely N-dealkylation sites (N-methyl/N-ethyl adjacent to an activating group) is 1. The zero-order valence-corrected chi connectivity index (χ0v) is 19.6. The van der Waals surface area contributed by atoms with Crippen molar-refractivity contribution in [3.05, 3.63) is 0 Å². The molecule has 2 N–H and O–H groups in total. The third-order valence-electron chi connectivity index (χ3n) is 3.95. The van der Waals surface area contributed by atoms with E-state index in [0.29, 0.717) is 6.54 Å². The van der Waals surface area contributed by atoms with Crippen LogP contribution in [0.15, 0.2) is 4.99 Å².